The zero-order valence-electron chi connectivity index (χ0n) is 23.5. The first-order valence-corrected chi connectivity index (χ1v) is 16.0. The highest BCUT2D eigenvalue weighted by Crippen LogP contribution is 2.42. The lowest BCUT2D eigenvalue weighted by atomic mass is 9.84. The molecule has 1 unspecified atom stereocenters. The normalized spacial score (nSPS) is 17.5. The summed E-state index contributed by atoms with van der Waals surface area (Å²) in [6.07, 6.45) is 2.80. The maximum Gasteiger partial charge on any atom is 0.258 e. The standard InChI is InChI=1S/C31H47NO3Si/c1-8-29(32-20-18-31(34,19-21-32)22-26-12-10-9-11-13-26)30(33)27-14-16-28(17-15-27)35-36(23(2)3,24(4)5)25(6)7/h9-17,23-25,29,34H,8,18-22H2,1-7H3. The van der Waals surface area contributed by atoms with E-state index in [1.807, 2.05) is 42.5 Å². The highest BCUT2D eigenvalue weighted by Gasteiger charge is 2.47. The number of Topliss-reactive ketones (excluding diaryl/α,β-unsaturated/α-hetero) is 1. The van der Waals surface area contributed by atoms with E-state index in [9.17, 15) is 9.90 Å². The maximum absolute atomic E-state index is 13.5. The van der Waals surface area contributed by atoms with Crippen molar-refractivity contribution in [3.05, 3.63) is 65.7 Å². The van der Waals surface area contributed by atoms with E-state index in [0.717, 1.165) is 30.8 Å². The second-order valence-corrected chi connectivity index (χ2v) is 17.0. The van der Waals surface area contributed by atoms with Gasteiger partial charge in [0, 0.05) is 25.1 Å². The molecule has 0 aliphatic carbocycles. The van der Waals surface area contributed by atoms with Gasteiger partial charge >= 0.3 is 0 Å². The number of benzene rings is 2. The van der Waals surface area contributed by atoms with Crippen LogP contribution in [0.3, 0.4) is 0 Å². The Hall–Kier alpha value is -1.95. The van der Waals surface area contributed by atoms with Crippen molar-refractivity contribution >= 4 is 14.1 Å². The molecule has 1 saturated heterocycles. The lowest BCUT2D eigenvalue weighted by Crippen LogP contribution is -2.51. The van der Waals surface area contributed by atoms with Gasteiger partial charge in [0.2, 0.25) is 0 Å². The van der Waals surface area contributed by atoms with Crippen molar-refractivity contribution in [1.82, 2.24) is 4.90 Å². The molecule has 3 rings (SSSR count). The molecule has 0 bridgehead atoms. The first-order chi connectivity index (χ1) is 17.0. The minimum atomic E-state index is -2.03. The molecule has 1 N–H and O–H groups in total. The quantitative estimate of drug-likeness (QED) is 0.256. The maximum atomic E-state index is 13.5. The lowest BCUT2D eigenvalue weighted by molar-refractivity contribution is -0.0285. The molecule has 0 spiro atoms. The largest absolute Gasteiger partial charge is 0.543 e. The van der Waals surface area contributed by atoms with E-state index in [2.05, 4.69) is 65.5 Å². The molecular weight excluding hydrogens is 462 g/mol. The number of likely N-dealkylation sites (tertiary alicyclic amines) is 1. The molecule has 1 aliphatic heterocycles. The number of aliphatic hydroxyl groups is 1. The van der Waals surface area contributed by atoms with Crippen molar-refractivity contribution in [2.75, 3.05) is 13.1 Å². The molecule has 1 fully saturated rings. The van der Waals surface area contributed by atoms with Crippen LogP contribution < -0.4 is 4.43 Å². The Labute approximate surface area is 220 Å². The Morgan fingerprint density at radius 2 is 1.44 bits per heavy atom. The monoisotopic (exact) mass is 509 g/mol. The number of rotatable bonds is 11. The minimum absolute atomic E-state index is 0.159. The second kappa shape index (κ2) is 12.1. The smallest absolute Gasteiger partial charge is 0.258 e. The molecule has 4 nitrogen and oxygen atoms in total. The zero-order chi connectivity index (χ0) is 26.5. The summed E-state index contributed by atoms with van der Waals surface area (Å²) >= 11 is 0. The first-order valence-electron chi connectivity index (χ1n) is 13.9. The van der Waals surface area contributed by atoms with E-state index in [1.54, 1.807) is 0 Å². The Bertz CT molecular complexity index is 941. The van der Waals surface area contributed by atoms with Gasteiger partial charge in [-0.2, -0.15) is 0 Å². The highest BCUT2D eigenvalue weighted by molar-refractivity contribution is 6.78. The van der Waals surface area contributed by atoms with Crippen LogP contribution in [-0.2, 0) is 6.42 Å². The number of ketones is 1. The number of hydrogen-bond acceptors (Lipinski definition) is 4. The predicted molar refractivity (Wildman–Crippen MR) is 152 cm³/mol. The minimum Gasteiger partial charge on any atom is -0.543 e. The van der Waals surface area contributed by atoms with Crippen LogP contribution in [0.4, 0.5) is 0 Å². The molecule has 0 amide bonds. The summed E-state index contributed by atoms with van der Waals surface area (Å²) in [5.74, 6) is 1.05. The summed E-state index contributed by atoms with van der Waals surface area (Å²) in [7, 11) is -2.03. The van der Waals surface area contributed by atoms with Crippen LogP contribution in [0.2, 0.25) is 16.6 Å². The molecule has 36 heavy (non-hydrogen) atoms. The third-order valence-corrected chi connectivity index (χ3v) is 14.4. The molecule has 5 heteroatoms. The zero-order valence-corrected chi connectivity index (χ0v) is 24.5. The van der Waals surface area contributed by atoms with E-state index in [-0.39, 0.29) is 11.8 Å². The summed E-state index contributed by atoms with van der Waals surface area (Å²) in [5.41, 5.74) is 2.72. The average Bonchev–Trinajstić information content (AvgIpc) is 2.84. The van der Waals surface area contributed by atoms with Gasteiger partial charge in [0.25, 0.3) is 8.32 Å². The molecule has 1 atom stereocenters. The van der Waals surface area contributed by atoms with E-state index in [0.29, 0.717) is 35.9 Å². The molecule has 1 aliphatic rings. The highest BCUT2D eigenvalue weighted by atomic mass is 28.4. The lowest BCUT2D eigenvalue weighted by Gasteiger charge is -2.42. The SMILES string of the molecule is CCC(C(=O)c1ccc(O[Si](C(C)C)(C(C)C)C(C)C)cc1)N1CCC(O)(Cc2ccccc2)CC1. The number of carbonyl (C=O) groups is 1. The third kappa shape index (κ3) is 6.30. The molecule has 2 aromatic rings. The number of piperidine rings is 1. The summed E-state index contributed by atoms with van der Waals surface area (Å²) < 4.78 is 6.79. The van der Waals surface area contributed by atoms with Gasteiger partial charge < -0.3 is 9.53 Å². The van der Waals surface area contributed by atoms with Crippen LogP contribution >= 0.6 is 0 Å². The molecule has 0 radical (unpaired) electrons. The average molecular weight is 510 g/mol. The summed E-state index contributed by atoms with van der Waals surface area (Å²) in [5, 5.41) is 11.2. The van der Waals surface area contributed by atoms with Crippen molar-refractivity contribution < 1.29 is 14.3 Å². The van der Waals surface area contributed by atoms with E-state index in [4.69, 9.17) is 4.43 Å². The van der Waals surface area contributed by atoms with Crippen LogP contribution in [0.25, 0.3) is 0 Å². The van der Waals surface area contributed by atoms with E-state index in [1.165, 1.54) is 5.56 Å². The fourth-order valence-electron chi connectivity index (χ4n) is 6.45. The molecule has 0 saturated carbocycles. The predicted octanol–water partition coefficient (Wildman–Crippen LogP) is 7.27. The van der Waals surface area contributed by atoms with Crippen molar-refractivity contribution in [3.63, 3.8) is 0 Å². The molecule has 2 aromatic carbocycles. The third-order valence-electron chi connectivity index (χ3n) is 8.38. The summed E-state index contributed by atoms with van der Waals surface area (Å²) in [6, 6.07) is 17.9. The molecule has 198 valence electrons. The van der Waals surface area contributed by atoms with Crippen LogP contribution in [0, 0.1) is 0 Å². The van der Waals surface area contributed by atoms with Gasteiger partial charge in [-0.05, 0) is 65.7 Å². The van der Waals surface area contributed by atoms with Gasteiger partial charge in [-0.25, -0.2) is 0 Å². The van der Waals surface area contributed by atoms with Crippen LogP contribution in [-0.4, -0.2) is 48.8 Å². The fourth-order valence-corrected chi connectivity index (χ4v) is 11.7. The number of carbonyl (C=O) groups excluding carboxylic acids is 1. The molecule has 1 heterocycles. The van der Waals surface area contributed by atoms with E-state index >= 15 is 0 Å². The summed E-state index contributed by atoms with van der Waals surface area (Å²) in [6.45, 7) is 17.3. The fraction of sp³-hybridized carbons (Fsp3) is 0.581. The summed E-state index contributed by atoms with van der Waals surface area (Å²) in [4.78, 5) is 15.8. The van der Waals surface area contributed by atoms with Crippen molar-refractivity contribution in [3.8, 4) is 5.75 Å². The van der Waals surface area contributed by atoms with Crippen molar-refractivity contribution in [2.24, 2.45) is 0 Å². The van der Waals surface area contributed by atoms with Crippen molar-refractivity contribution in [2.45, 2.75) is 102 Å². The van der Waals surface area contributed by atoms with Crippen molar-refractivity contribution in [1.29, 1.82) is 0 Å². The van der Waals surface area contributed by atoms with Gasteiger partial charge in [-0.3, -0.25) is 9.69 Å². The van der Waals surface area contributed by atoms with Gasteiger partial charge in [0.15, 0.2) is 5.78 Å². The van der Waals surface area contributed by atoms with Crippen LogP contribution in [0.1, 0.15) is 83.7 Å². The van der Waals surface area contributed by atoms with Crippen LogP contribution in [0.15, 0.2) is 54.6 Å². The molecule has 0 aromatic heterocycles. The van der Waals surface area contributed by atoms with Crippen LogP contribution in [0.5, 0.6) is 5.75 Å². The first kappa shape index (κ1) is 28.6. The van der Waals surface area contributed by atoms with Gasteiger partial charge in [-0.15, -0.1) is 0 Å². The van der Waals surface area contributed by atoms with Gasteiger partial charge in [0.1, 0.15) is 5.75 Å². The molecular formula is C31H47NO3Si. The Balaban J connectivity index is 1.67. The number of nitrogens with zero attached hydrogens (tertiary/aromatic N) is 1. The Morgan fingerprint density at radius 3 is 1.92 bits per heavy atom. The second-order valence-electron chi connectivity index (χ2n) is 11.7. The van der Waals surface area contributed by atoms with Gasteiger partial charge in [0.05, 0.1) is 11.6 Å². The number of hydrogen-bond donors (Lipinski definition) is 1. The Kier molecular flexibility index (Phi) is 9.59. The topological polar surface area (TPSA) is 49.8 Å². The Morgan fingerprint density at radius 1 is 0.917 bits per heavy atom. The van der Waals surface area contributed by atoms with Gasteiger partial charge in [-0.1, -0.05) is 78.8 Å². The van der Waals surface area contributed by atoms with E-state index < -0.39 is 13.9 Å².